The van der Waals surface area contributed by atoms with Crippen molar-refractivity contribution >= 4 is 5.91 Å². The average Bonchev–Trinajstić information content (AvgIpc) is 3.18. The minimum absolute atomic E-state index is 0.0746. The third-order valence-corrected chi connectivity index (χ3v) is 4.10. The third-order valence-electron chi connectivity index (χ3n) is 4.10. The van der Waals surface area contributed by atoms with Gasteiger partial charge in [0.1, 0.15) is 23.7 Å². The monoisotopic (exact) mass is 332 g/mol. The Morgan fingerprint density at radius 1 is 1.38 bits per heavy atom. The molecule has 1 unspecified atom stereocenters. The van der Waals surface area contributed by atoms with E-state index in [2.05, 4.69) is 5.16 Å². The summed E-state index contributed by atoms with van der Waals surface area (Å²) >= 11 is 0. The normalized spacial score (nSPS) is 20.3. The number of aliphatic hydroxyl groups is 1. The van der Waals surface area contributed by atoms with Gasteiger partial charge in [-0.3, -0.25) is 9.59 Å². The van der Waals surface area contributed by atoms with Crippen molar-refractivity contribution in [1.82, 2.24) is 10.1 Å². The molecule has 1 aromatic heterocycles. The summed E-state index contributed by atoms with van der Waals surface area (Å²) in [5.74, 6) is 1.07. The molecule has 2 heterocycles. The molecule has 128 valence electrons. The number of carbonyl (C=O) groups is 1. The Kier molecular flexibility index (Phi) is 4.71. The van der Waals surface area contributed by atoms with Crippen LogP contribution in [0.25, 0.3) is 0 Å². The number of nitrogens with one attached hydrogen (secondary N) is 1. The number of aryl methyl sites for hydroxylation is 1. The highest BCUT2D eigenvalue weighted by atomic mass is 16.5. The van der Waals surface area contributed by atoms with Crippen molar-refractivity contribution in [2.75, 3.05) is 19.7 Å². The Morgan fingerprint density at radius 3 is 2.88 bits per heavy atom. The van der Waals surface area contributed by atoms with Gasteiger partial charge in [0.2, 0.25) is 5.91 Å². The smallest absolute Gasteiger partial charge is 0.280 e. The number of β-amino-alcohol motifs (C(OH)–C–C–N with tert-alkyl or cyclic N) is 1. The molecule has 1 aliphatic rings. The number of aromatic nitrogens is 1. The molecule has 2 N–H and O–H groups in total. The number of aromatic amines is 1. The van der Waals surface area contributed by atoms with Gasteiger partial charge in [0.05, 0.1) is 6.54 Å². The van der Waals surface area contributed by atoms with Gasteiger partial charge in [-0.15, -0.1) is 0 Å². The van der Waals surface area contributed by atoms with Crippen LogP contribution < -0.4 is 10.3 Å². The molecule has 0 spiro atoms. The van der Waals surface area contributed by atoms with Crippen molar-refractivity contribution < 1.29 is 19.2 Å². The lowest BCUT2D eigenvalue weighted by atomic mass is 10.1. The topological polar surface area (TPSA) is 95.8 Å². The number of rotatable bonds is 6. The van der Waals surface area contributed by atoms with Crippen LogP contribution in [-0.4, -0.2) is 46.4 Å². The summed E-state index contributed by atoms with van der Waals surface area (Å²) in [6, 6.07) is 10.6. The van der Waals surface area contributed by atoms with Gasteiger partial charge in [0.15, 0.2) is 0 Å². The summed E-state index contributed by atoms with van der Waals surface area (Å²) < 4.78 is 10.5. The van der Waals surface area contributed by atoms with Gasteiger partial charge in [0.25, 0.3) is 5.56 Å². The SMILES string of the molecule is O=C(CCc1cc(=O)[nH]o1)N1CCC(O)(COc2ccccc2)C1. The van der Waals surface area contributed by atoms with E-state index in [1.54, 1.807) is 4.90 Å². The van der Waals surface area contributed by atoms with Crippen LogP contribution in [0.5, 0.6) is 5.75 Å². The molecule has 7 nitrogen and oxygen atoms in total. The molecule has 0 saturated carbocycles. The number of para-hydroxylation sites is 1. The molecule has 2 aromatic rings. The van der Waals surface area contributed by atoms with Crippen LogP contribution in [0.2, 0.25) is 0 Å². The van der Waals surface area contributed by atoms with E-state index in [0.29, 0.717) is 30.9 Å². The fraction of sp³-hybridized carbons (Fsp3) is 0.412. The van der Waals surface area contributed by atoms with Gasteiger partial charge >= 0.3 is 0 Å². The third kappa shape index (κ3) is 4.05. The van der Waals surface area contributed by atoms with Gasteiger partial charge in [0, 0.05) is 25.5 Å². The van der Waals surface area contributed by atoms with E-state index in [0.717, 1.165) is 0 Å². The molecule has 3 rings (SSSR count). The Hall–Kier alpha value is -2.54. The fourth-order valence-electron chi connectivity index (χ4n) is 2.75. The van der Waals surface area contributed by atoms with Crippen LogP contribution in [0.4, 0.5) is 0 Å². The highest BCUT2D eigenvalue weighted by molar-refractivity contribution is 5.76. The van der Waals surface area contributed by atoms with Crippen molar-refractivity contribution in [3.05, 3.63) is 52.5 Å². The van der Waals surface area contributed by atoms with Crippen LogP contribution in [0, 0.1) is 0 Å². The number of H-pyrrole nitrogens is 1. The van der Waals surface area contributed by atoms with E-state index >= 15 is 0 Å². The standard InChI is InChI=1S/C17H20N2O5/c20-15-10-14(24-18-15)6-7-16(21)19-9-8-17(22,11-19)12-23-13-4-2-1-3-5-13/h1-5,10,22H,6-9,11-12H2,(H,18,20). The minimum Gasteiger partial charge on any atom is -0.491 e. The maximum Gasteiger partial charge on any atom is 0.280 e. The molecule has 0 bridgehead atoms. The Bertz CT molecular complexity index is 739. The molecule has 1 aliphatic heterocycles. The molecule has 0 radical (unpaired) electrons. The van der Waals surface area contributed by atoms with E-state index in [4.69, 9.17) is 9.26 Å². The fourth-order valence-corrected chi connectivity index (χ4v) is 2.75. The number of hydrogen-bond donors (Lipinski definition) is 2. The molecule has 24 heavy (non-hydrogen) atoms. The summed E-state index contributed by atoms with van der Waals surface area (Å²) in [5, 5.41) is 12.8. The van der Waals surface area contributed by atoms with Crippen LogP contribution >= 0.6 is 0 Å². The first-order valence-electron chi connectivity index (χ1n) is 7.89. The number of nitrogens with zero attached hydrogens (tertiary/aromatic N) is 1. The predicted octanol–water partition coefficient (Wildman–Crippen LogP) is 0.943. The molecule has 1 saturated heterocycles. The largest absolute Gasteiger partial charge is 0.491 e. The van der Waals surface area contributed by atoms with Crippen molar-refractivity contribution in [3.8, 4) is 5.75 Å². The van der Waals surface area contributed by atoms with Crippen molar-refractivity contribution in [2.24, 2.45) is 0 Å². The molecule has 7 heteroatoms. The second kappa shape index (κ2) is 6.92. The molecular weight excluding hydrogens is 312 g/mol. The summed E-state index contributed by atoms with van der Waals surface area (Å²) in [4.78, 5) is 24.8. The zero-order chi connectivity index (χ0) is 17.0. The number of hydrogen-bond acceptors (Lipinski definition) is 5. The zero-order valence-corrected chi connectivity index (χ0v) is 13.2. The van der Waals surface area contributed by atoms with E-state index in [1.807, 2.05) is 30.3 Å². The first-order chi connectivity index (χ1) is 11.5. The lowest BCUT2D eigenvalue weighted by molar-refractivity contribution is -0.131. The number of benzene rings is 1. The Morgan fingerprint density at radius 2 is 2.17 bits per heavy atom. The molecule has 1 atom stereocenters. The first kappa shape index (κ1) is 16.3. The average molecular weight is 332 g/mol. The van der Waals surface area contributed by atoms with Gasteiger partial charge in [-0.25, -0.2) is 0 Å². The second-order valence-corrected chi connectivity index (χ2v) is 6.07. The molecule has 1 fully saturated rings. The van der Waals surface area contributed by atoms with Gasteiger partial charge in [-0.2, -0.15) is 5.16 Å². The van der Waals surface area contributed by atoms with E-state index in [9.17, 15) is 14.7 Å². The van der Waals surface area contributed by atoms with Crippen LogP contribution in [0.3, 0.4) is 0 Å². The summed E-state index contributed by atoms with van der Waals surface area (Å²) in [6.45, 7) is 0.883. The molecule has 0 aliphatic carbocycles. The zero-order valence-electron chi connectivity index (χ0n) is 13.2. The number of amides is 1. The van der Waals surface area contributed by atoms with Crippen LogP contribution in [-0.2, 0) is 11.2 Å². The van der Waals surface area contributed by atoms with Gasteiger partial charge in [-0.1, -0.05) is 18.2 Å². The number of likely N-dealkylation sites (tertiary alicyclic amines) is 1. The first-order valence-corrected chi connectivity index (χ1v) is 7.89. The van der Waals surface area contributed by atoms with E-state index < -0.39 is 5.60 Å². The van der Waals surface area contributed by atoms with E-state index in [-0.39, 0.29) is 31.0 Å². The maximum atomic E-state index is 12.2. The quantitative estimate of drug-likeness (QED) is 0.821. The summed E-state index contributed by atoms with van der Waals surface area (Å²) in [5.41, 5.74) is -1.35. The highest BCUT2D eigenvalue weighted by Crippen LogP contribution is 2.23. The lowest BCUT2D eigenvalue weighted by Crippen LogP contribution is -2.40. The highest BCUT2D eigenvalue weighted by Gasteiger charge is 2.38. The molecular formula is C17H20N2O5. The number of carbonyl (C=O) groups excluding carboxylic acids is 1. The predicted molar refractivity (Wildman–Crippen MR) is 85.7 cm³/mol. The van der Waals surface area contributed by atoms with Crippen molar-refractivity contribution in [1.29, 1.82) is 0 Å². The second-order valence-electron chi connectivity index (χ2n) is 6.07. The van der Waals surface area contributed by atoms with Crippen LogP contribution in [0.15, 0.2) is 45.7 Å². The molecule has 1 amide bonds. The van der Waals surface area contributed by atoms with Crippen LogP contribution in [0.1, 0.15) is 18.6 Å². The Labute approximate surface area is 138 Å². The van der Waals surface area contributed by atoms with E-state index in [1.165, 1.54) is 6.07 Å². The van der Waals surface area contributed by atoms with Gasteiger partial charge < -0.3 is 19.3 Å². The number of ether oxygens (including phenoxy) is 1. The Balaban J connectivity index is 1.48. The van der Waals surface area contributed by atoms with Crippen molar-refractivity contribution in [3.63, 3.8) is 0 Å². The minimum atomic E-state index is -1.04. The lowest BCUT2D eigenvalue weighted by Gasteiger charge is -2.23. The van der Waals surface area contributed by atoms with Gasteiger partial charge in [-0.05, 0) is 18.6 Å². The summed E-state index contributed by atoms with van der Waals surface area (Å²) in [6.07, 6.45) is 1.06. The summed E-state index contributed by atoms with van der Waals surface area (Å²) in [7, 11) is 0. The van der Waals surface area contributed by atoms with Crippen molar-refractivity contribution in [2.45, 2.75) is 24.9 Å². The maximum absolute atomic E-state index is 12.2. The molecule has 1 aromatic carbocycles.